The van der Waals surface area contributed by atoms with E-state index in [-0.39, 0.29) is 35.6 Å². The highest BCUT2D eigenvalue weighted by atomic mass is 16.5. The van der Waals surface area contributed by atoms with E-state index >= 15 is 0 Å². The van der Waals surface area contributed by atoms with Gasteiger partial charge in [-0.25, -0.2) is 0 Å². The van der Waals surface area contributed by atoms with E-state index < -0.39 is 0 Å². The predicted octanol–water partition coefficient (Wildman–Crippen LogP) is 2.65. The van der Waals surface area contributed by atoms with E-state index in [0.717, 1.165) is 31.2 Å². The summed E-state index contributed by atoms with van der Waals surface area (Å²) in [5.41, 5.74) is 0.880. The number of rotatable bonds is 5. The zero-order chi connectivity index (χ0) is 19.5. The van der Waals surface area contributed by atoms with E-state index in [9.17, 15) is 9.59 Å². The van der Waals surface area contributed by atoms with Crippen LogP contribution in [0.1, 0.15) is 50.3 Å². The molecule has 0 spiro atoms. The monoisotopic (exact) mass is 382 g/mol. The molecule has 0 aliphatic heterocycles. The van der Waals surface area contributed by atoms with E-state index in [2.05, 4.69) is 20.8 Å². The first-order chi connectivity index (χ1) is 13.7. The fraction of sp³-hybridized carbons (Fsp3) is 0.524. The summed E-state index contributed by atoms with van der Waals surface area (Å²) in [6.07, 6.45) is 5.29. The van der Waals surface area contributed by atoms with Crippen molar-refractivity contribution < 1.29 is 14.1 Å². The number of benzene rings is 1. The fourth-order valence-electron chi connectivity index (χ4n) is 4.47. The molecule has 2 saturated carbocycles. The number of hydrogen-bond acceptors (Lipinski definition) is 5. The van der Waals surface area contributed by atoms with Gasteiger partial charge in [-0.05, 0) is 25.7 Å². The molecular weight excluding hydrogens is 356 g/mol. The topological polar surface area (TPSA) is 97.1 Å². The van der Waals surface area contributed by atoms with Crippen LogP contribution in [-0.4, -0.2) is 35.0 Å². The van der Waals surface area contributed by atoms with Crippen LogP contribution in [0.3, 0.4) is 0 Å². The quantitative estimate of drug-likeness (QED) is 0.829. The number of hydrogen-bond donors (Lipinski definition) is 2. The van der Waals surface area contributed by atoms with Gasteiger partial charge in [-0.1, -0.05) is 48.3 Å². The number of amides is 2. The molecule has 3 atom stereocenters. The van der Waals surface area contributed by atoms with Gasteiger partial charge in [-0.2, -0.15) is 4.98 Å². The van der Waals surface area contributed by atoms with E-state index in [1.165, 1.54) is 0 Å². The van der Waals surface area contributed by atoms with E-state index in [1.807, 2.05) is 30.3 Å². The van der Waals surface area contributed by atoms with Crippen LogP contribution in [0.5, 0.6) is 0 Å². The smallest absolute Gasteiger partial charge is 0.232 e. The molecule has 2 amide bonds. The maximum Gasteiger partial charge on any atom is 0.232 e. The molecule has 7 nitrogen and oxygen atoms in total. The lowest BCUT2D eigenvalue weighted by Gasteiger charge is -2.20. The van der Waals surface area contributed by atoms with Crippen molar-refractivity contribution in [2.45, 2.75) is 50.5 Å². The van der Waals surface area contributed by atoms with Crippen LogP contribution in [0.25, 0.3) is 11.4 Å². The second-order valence-electron chi connectivity index (χ2n) is 7.81. The van der Waals surface area contributed by atoms with Crippen molar-refractivity contribution in [1.82, 2.24) is 20.8 Å². The van der Waals surface area contributed by atoms with Gasteiger partial charge in [0.2, 0.25) is 23.5 Å². The Morgan fingerprint density at radius 3 is 2.50 bits per heavy atom. The molecule has 4 rings (SSSR count). The lowest BCUT2D eigenvalue weighted by atomic mass is 10.0. The second kappa shape index (κ2) is 8.12. The van der Waals surface area contributed by atoms with E-state index in [4.69, 9.17) is 4.52 Å². The molecule has 28 heavy (non-hydrogen) atoms. The normalized spacial score (nSPS) is 25.0. The second-order valence-corrected chi connectivity index (χ2v) is 7.81. The van der Waals surface area contributed by atoms with Crippen molar-refractivity contribution in [1.29, 1.82) is 0 Å². The van der Waals surface area contributed by atoms with Crippen molar-refractivity contribution in [2.75, 3.05) is 7.05 Å². The number of carbonyl (C=O) groups excluding carboxylic acids is 2. The highest BCUT2D eigenvalue weighted by Crippen LogP contribution is 2.39. The molecule has 2 aliphatic carbocycles. The minimum absolute atomic E-state index is 0.00888. The number of carbonyl (C=O) groups is 2. The average Bonchev–Trinajstić information content (AvgIpc) is 3.47. The molecule has 3 unspecified atom stereocenters. The highest BCUT2D eigenvalue weighted by molar-refractivity contribution is 5.81. The Hall–Kier alpha value is -2.70. The zero-order valence-corrected chi connectivity index (χ0v) is 16.1. The summed E-state index contributed by atoms with van der Waals surface area (Å²) >= 11 is 0. The van der Waals surface area contributed by atoms with Gasteiger partial charge in [0.1, 0.15) is 0 Å². The lowest BCUT2D eigenvalue weighted by molar-refractivity contribution is -0.126. The third-order valence-electron chi connectivity index (χ3n) is 6.02. The molecule has 1 heterocycles. The van der Waals surface area contributed by atoms with Gasteiger partial charge >= 0.3 is 0 Å². The molecule has 2 fully saturated rings. The molecule has 0 radical (unpaired) electrons. The van der Waals surface area contributed by atoms with E-state index in [1.54, 1.807) is 7.05 Å². The van der Waals surface area contributed by atoms with Crippen LogP contribution in [0.4, 0.5) is 0 Å². The largest absolute Gasteiger partial charge is 0.359 e. The molecule has 0 saturated heterocycles. The Morgan fingerprint density at radius 1 is 1.04 bits per heavy atom. The predicted molar refractivity (Wildman–Crippen MR) is 103 cm³/mol. The lowest BCUT2D eigenvalue weighted by Crippen LogP contribution is -2.40. The molecular formula is C21H26N4O3. The molecule has 2 N–H and O–H groups in total. The zero-order valence-electron chi connectivity index (χ0n) is 16.1. The van der Waals surface area contributed by atoms with Crippen molar-refractivity contribution in [2.24, 2.45) is 11.8 Å². The van der Waals surface area contributed by atoms with Crippen LogP contribution in [0.2, 0.25) is 0 Å². The van der Waals surface area contributed by atoms with Crippen molar-refractivity contribution in [3.8, 4) is 11.4 Å². The molecule has 1 aromatic carbocycles. The number of nitrogens with zero attached hydrogens (tertiary/aromatic N) is 2. The summed E-state index contributed by atoms with van der Waals surface area (Å²) in [5.74, 6) is 0.857. The van der Waals surface area contributed by atoms with Crippen LogP contribution < -0.4 is 10.6 Å². The fourth-order valence-corrected chi connectivity index (χ4v) is 4.47. The third-order valence-corrected chi connectivity index (χ3v) is 6.02. The molecule has 148 valence electrons. The van der Waals surface area contributed by atoms with Crippen LogP contribution >= 0.6 is 0 Å². The van der Waals surface area contributed by atoms with Gasteiger partial charge in [-0.3, -0.25) is 9.59 Å². The SMILES string of the molecule is CNC(=O)C1CC(NC(=O)C2CCCC2)C(c2nc(-c3ccccc3)no2)C1. The first-order valence-corrected chi connectivity index (χ1v) is 10.1. The standard InChI is InChI=1S/C21H26N4O3/c1-22-19(26)15-11-16(17(12-15)23-20(27)14-9-5-6-10-14)21-24-18(25-28-21)13-7-3-2-4-8-13/h2-4,7-8,14-17H,5-6,9-12H2,1H3,(H,22,26)(H,23,27). The Morgan fingerprint density at radius 2 is 1.79 bits per heavy atom. The summed E-state index contributed by atoms with van der Waals surface area (Å²) in [5, 5.41) is 10.0. The Balaban J connectivity index is 1.54. The molecule has 1 aromatic heterocycles. The molecule has 7 heteroatoms. The summed E-state index contributed by atoms with van der Waals surface area (Å²) in [7, 11) is 1.64. The molecule has 2 aliphatic rings. The van der Waals surface area contributed by atoms with Crippen LogP contribution in [0, 0.1) is 11.8 Å². The minimum Gasteiger partial charge on any atom is -0.359 e. The summed E-state index contributed by atoms with van der Waals surface area (Å²) in [6, 6.07) is 9.47. The first kappa shape index (κ1) is 18.7. The summed E-state index contributed by atoms with van der Waals surface area (Å²) < 4.78 is 5.56. The van der Waals surface area contributed by atoms with Crippen molar-refractivity contribution in [3.63, 3.8) is 0 Å². The Labute approximate surface area is 164 Å². The highest BCUT2D eigenvalue weighted by Gasteiger charge is 2.42. The van der Waals surface area contributed by atoms with Crippen molar-refractivity contribution in [3.05, 3.63) is 36.2 Å². The maximum absolute atomic E-state index is 12.7. The maximum atomic E-state index is 12.7. The van der Waals surface area contributed by atoms with Gasteiger partial charge in [-0.15, -0.1) is 0 Å². The van der Waals surface area contributed by atoms with E-state index in [0.29, 0.717) is 24.6 Å². The molecule has 2 aromatic rings. The number of aromatic nitrogens is 2. The van der Waals surface area contributed by atoms with Crippen molar-refractivity contribution >= 4 is 11.8 Å². The van der Waals surface area contributed by atoms with Gasteiger partial charge in [0.25, 0.3) is 0 Å². The van der Waals surface area contributed by atoms with Gasteiger partial charge in [0, 0.05) is 30.5 Å². The van der Waals surface area contributed by atoms with Crippen LogP contribution in [-0.2, 0) is 9.59 Å². The Bertz CT molecular complexity index is 829. The summed E-state index contributed by atoms with van der Waals surface area (Å²) in [6.45, 7) is 0. The molecule has 0 bridgehead atoms. The summed E-state index contributed by atoms with van der Waals surface area (Å²) in [4.78, 5) is 29.5. The minimum atomic E-state index is -0.170. The van der Waals surface area contributed by atoms with Gasteiger partial charge < -0.3 is 15.2 Å². The first-order valence-electron chi connectivity index (χ1n) is 10.1. The van der Waals surface area contributed by atoms with Gasteiger partial charge in [0.05, 0.1) is 5.92 Å². The third kappa shape index (κ3) is 3.79. The van der Waals surface area contributed by atoms with Crippen LogP contribution in [0.15, 0.2) is 34.9 Å². The average molecular weight is 382 g/mol. The van der Waals surface area contributed by atoms with Gasteiger partial charge in [0.15, 0.2) is 0 Å². The number of nitrogens with one attached hydrogen (secondary N) is 2. The Kier molecular flexibility index (Phi) is 5.41.